The second kappa shape index (κ2) is 7.92. The number of carbonyl (C=O) groups excluding carboxylic acids is 1. The van der Waals surface area contributed by atoms with E-state index in [0.717, 1.165) is 18.4 Å². The summed E-state index contributed by atoms with van der Waals surface area (Å²) in [7, 11) is 0. The van der Waals surface area contributed by atoms with Gasteiger partial charge < -0.3 is 24.6 Å². The Kier molecular flexibility index (Phi) is 5.29. The Bertz CT molecular complexity index is 1130. The maximum absolute atomic E-state index is 13.6. The highest BCUT2D eigenvalue weighted by atomic mass is 35.5. The first-order chi connectivity index (χ1) is 15.7. The Hall–Kier alpha value is -2.77. The predicted molar refractivity (Wildman–Crippen MR) is 121 cm³/mol. The van der Waals surface area contributed by atoms with Crippen LogP contribution in [0.15, 0.2) is 36.4 Å². The Balaban J connectivity index is 1.50. The number of rotatable bonds is 2. The highest BCUT2D eigenvalue weighted by Gasteiger charge is 2.53. The number of ether oxygens (including phenoxy) is 2. The van der Waals surface area contributed by atoms with Crippen LogP contribution in [0.4, 0.5) is 0 Å². The van der Waals surface area contributed by atoms with E-state index >= 15 is 0 Å². The second-order valence-corrected chi connectivity index (χ2v) is 9.92. The molecule has 2 aromatic carbocycles. The maximum atomic E-state index is 13.6. The monoisotopic (exact) mass is 471 g/mol. The van der Waals surface area contributed by atoms with E-state index < -0.39 is 11.6 Å². The van der Waals surface area contributed by atoms with Gasteiger partial charge in [0.05, 0.1) is 34.4 Å². The molecule has 0 aromatic heterocycles. The third-order valence-corrected chi connectivity index (χ3v) is 7.52. The maximum Gasteiger partial charge on any atom is 0.338 e. The summed E-state index contributed by atoms with van der Waals surface area (Å²) in [6.45, 7) is 4.46. The minimum atomic E-state index is -1.23. The van der Waals surface area contributed by atoms with Gasteiger partial charge in [-0.3, -0.25) is 4.79 Å². The number of hydrogen-bond acceptors (Lipinski definition) is 5. The van der Waals surface area contributed by atoms with Crippen LogP contribution < -0.4 is 4.74 Å². The smallest absolute Gasteiger partial charge is 0.338 e. The molecule has 0 bridgehead atoms. The van der Waals surface area contributed by atoms with Crippen molar-refractivity contribution in [2.75, 3.05) is 6.54 Å². The molecule has 0 spiro atoms. The van der Waals surface area contributed by atoms with E-state index in [4.69, 9.17) is 21.1 Å². The lowest BCUT2D eigenvalue weighted by molar-refractivity contribution is -0.184. The van der Waals surface area contributed by atoms with E-state index in [1.54, 1.807) is 23.1 Å². The van der Waals surface area contributed by atoms with Gasteiger partial charge in [0.15, 0.2) is 11.5 Å². The van der Waals surface area contributed by atoms with Crippen LogP contribution in [-0.4, -0.2) is 51.3 Å². The van der Waals surface area contributed by atoms with Gasteiger partial charge >= 0.3 is 5.97 Å². The summed E-state index contributed by atoms with van der Waals surface area (Å²) in [6.07, 6.45) is 1.74. The molecule has 3 aliphatic heterocycles. The van der Waals surface area contributed by atoms with Crippen LogP contribution >= 0.6 is 11.6 Å². The predicted octanol–water partition coefficient (Wildman–Crippen LogP) is 4.67. The van der Waals surface area contributed by atoms with Crippen LogP contribution in [0.3, 0.4) is 0 Å². The zero-order valence-corrected chi connectivity index (χ0v) is 19.2. The van der Waals surface area contributed by atoms with Gasteiger partial charge in [0, 0.05) is 18.0 Å². The lowest BCUT2D eigenvalue weighted by Crippen LogP contribution is -2.60. The molecule has 2 saturated heterocycles. The molecule has 4 atom stereocenters. The standard InChI is InChI=1S/C25H26ClNO6/c1-25(2)15-12-17-19(32-21(15)14-7-4-9-18(28)22(14)33-25)10-5-11-27(17)23(29)13-6-3-8-16(26)20(13)24(30)31/h3-4,6-9,15,17,19,21,28H,5,10-12H2,1-2H3,(H,30,31)/t15-,17-,19-,21+/m1/s1. The first-order valence-electron chi connectivity index (χ1n) is 11.2. The molecule has 3 aliphatic rings. The zero-order chi connectivity index (χ0) is 23.5. The van der Waals surface area contributed by atoms with E-state index in [1.807, 2.05) is 19.9 Å². The molecule has 0 unspecified atom stereocenters. The summed E-state index contributed by atoms with van der Waals surface area (Å²) in [5.74, 6) is -1.09. The van der Waals surface area contributed by atoms with Crippen LogP contribution in [-0.2, 0) is 4.74 Å². The molecule has 8 heteroatoms. The molecule has 174 valence electrons. The molecular weight excluding hydrogens is 446 g/mol. The van der Waals surface area contributed by atoms with E-state index in [-0.39, 0.29) is 52.0 Å². The van der Waals surface area contributed by atoms with Gasteiger partial charge in [-0.1, -0.05) is 29.8 Å². The molecule has 1 amide bonds. The topological polar surface area (TPSA) is 96.3 Å². The van der Waals surface area contributed by atoms with Crippen molar-refractivity contribution in [3.05, 3.63) is 58.1 Å². The molecule has 7 nitrogen and oxygen atoms in total. The molecule has 2 fully saturated rings. The van der Waals surface area contributed by atoms with Crippen LogP contribution in [0.25, 0.3) is 0 Å². The number of fused-ring (bicyclic) bond motifs is 4. The van der Waals surface area contributed by atoms with Gasteiger partial charge in [-0.25, -0.2) is 4.79 Å². The summed E-state index contributed by atoms with van der Waals surface area (Å²) >= 11 is 6.12. The van der Waals surface area contributed by atoms with Crippen LogP contribution in [0.2, 0.25) is 5.02 Å². The Morgan fingerprint density at radius 1 is 1.18 bits per heavy atom. The van der Waals surface area contributed by atoms with Gasteiger partial charge in [0.25, 0.3) is 5.91 Å². The highest BCUT2D eigenvalue weighted by Crippen LogP contribution is 2.54. The van der Waals surface area contributed by atoms with Gasteiger partial charge in [0.2, 0.25) is 0 Å². The van der Waals surface area contributed by atoms with Crippen molar-refractivity contribution < 1.29 is 29.3 Å². The largest absolute Gasteiger partial charge is 0.504 e. The number of halogens is 1. The molecule has 33 heavy (non-hydrogen) atoms. The average molecular weight is 472 g/mol. The van der Waals surface area contributed by atoms with E-state index in [1.165, 1.54) is 12.1 Å². The number of aromatic carboxylic acids is 1. The van der Waals surface area contributed by atoms with Crippen LogP contribution in [0.5, 0.6) is 11.5 Å². The Morgan fingerprint density at radius 2 is 1.94 bits per heavy atom. The number of piperidine rings is 1. The van der Waals surface area contributed by atoms with Gasteiger partial charge in [-0.2, -0.15) is 0 Å². The summed E-state index contributed by atoms with van der Waals surface area (Å²) in [4.78, 5) is 27.1. The van der Waals surface area contributed by atoms with E-state index in [9.17, 15) is 19.8 Å². The number of carboxylic acid groups (broad SMARTS) is 1. The minimum Gasteiger partial charge on any atom is -0.504 e. The van der Waals surface area contributed by atoms with Crippen molar-refractivity contribution in [3.63, 3.8) is 0 Å². The van der Waals surface area contributed by atoms with Crippen molar-refractivity contribution in [1.82, 2.24) is 4.90 Å². The van der Waals surface area contributed by atoms with Gasteiger partial charge in [0.1, 0.15) is 5.60 Å². The number of phenolic OH excluding ortho intramolecular Hbond substituents is 1. The molecule has 3 heterocycles. The molecule has 2 N–H and O–H groups in total. The third kappa shape index (κ3) is 3.54. The third-order valence-electron chi connectivity index (χ3n) is 7.21. The number of amides is 1. The van der Waals surface area contributed by atoms with Crippen LogP contribution in [0.1, 0.15) is 65.5 Å². The highest BCUT2D eigenvalue weighted by molar-refractivity contribution is 6.34. The fourth-order valence-corrected chi connectivity index (χ4v) is 5.86. The van der Waals surface area contributed by atoms with Crippen LogP contribution in [0, 0.1) is 5.92 Å². The fourth-order valence-electron chi connectivity index (χ4n) is 5.61. The molecule has 5 rings (SSSR count). The SMILES string of the molecule is CC1(C)Oc2c(O)cccc2[C@@H]2O[C@@H]3CCCN(C(=O)c4cccc(Cl)c4C(=O)O)[C@@H]3C[C@H]21. The van der Waals surface area contributed by atoms with E-state index in [2.05, 4.69) is 0 Å². The van der Waals surface area contributed by atoms with Crippen molar-refractivity contribution >= 4 is 23.5 Å². The number of carboxylic acids is 1. The Labute approximate surface area is 196 Å². The Morgan fingerprint density at radius 3 is 2.70 bits per heavy atom. The number of likely N-dealkylation sites (tertiary alicyclic amines) is 1. The quantitative estimate of drug-likeness (QED) is 0.661. The van der Waals surface area contributed by atoms with Crippen molar-refractivity contribution in [2.24, 2.45) is 5.92 Å². The molecule has 0 saturated carbocycles. The minimum absolute atomic E-state index is 0.0418. The molecule has 2 aromatic rings. The van der Waals surface area contributed by atoms with Gasteiger partial charge in [-0.05, 0) is 51.3 Å². The first kappa shape index (κ1) is 22.0. The van der Waals surface area contributed by atoms with Crippen molar-refractivity contribution in [2.45, 2.75) is 57.0 Å². The number of para-hydroxylation sites is 1. The summed E-state index contributed by atoms with van der Waals surface area (Å²) in [6, 6.07) is 9.68. The number of hydrogen-bond donors (Lipinski definition) is 2. The molecular formula is C25H26ClNO6. The summed E-state index contributed by atoms with van der Waals surface area (Å²) < 4.78 is 12.8. The zero-order valence-electron chi connectivity index (χ0n) is 18.5. The van der Waals surface area contributed by atoms with Gasteiger partial charge in [-0.15, -0.1) is 0 Å². The first-order valence-corrected chi connectivity index (χ1v) is 11.6. The van der Waals surface area contributed by atoms with Crippen molar-refractivity contribution in [1.29, 1.82) is 0 Å². The molecule has 0 radical (unpaired) electrons. The summed E-state index contributed by atoms with van der Waals surface area (Å²) in [5.41, 5.74) is 0.110. The lowest BCUT2D eigenvalue weighted by Gasteiger charge is -2.54. The second-order valence-electron chi connectivity index (χ2n) is 9.51. The lowest BCUT2D eigenvalue weighted by atomic mass is 9.72. The van der Waals surface area contributed by atoms with E-state index in [0.29, 0.717) is 18.7 Å². The normalized spacial score (nSPS) is 27.5. The number of nitrogens with zero attached hydrogens (tertiary/aromatic N) is 1. The van der Waals surface area contributed by atoms with Crippen molar-refractivity contribution in [3.8, 4) is 11.5 Å². The number of carbonyl (C=O) groups is 2. The number of phenols is 1. The average Bonchev–Trinajstić information content (AvgIpc) is 2.77. The molecule has 0 aliphatic carbocycles. The number of benzene rings is 2. The number of aromatic hydroxyl groups is 1. The summed E-state index contributed by atoms with van der Waals surface area (Å²) in [5, 5.41) is 20.0. The fraction of sp³-hybridized carbons (Fsp3) is 0.440.